The summed E-state index contributed by atoms with van der Waals surface area (Å²) in [6.07, 6.45) is 2.07. The summed E-state index contributed by atoms with van der Waals surface area (Å²) in [5.74, 6) is -0.674. The Bertz CT molecular complexity index is 448. The first-order valence-electron chi connectivity index (χ1n) is 7.28. The molecule has 0 saturated carbocycles. The summed E-state index contributed by atoms with van der Waals surface area (Å²) in [4.78, 5) is 22.3. The van der Waals surface area contributed by atoms with Crippen LogP contribution < -0.4 is 11.1 Å². The van der Waals surface area contributed by atoms with Crippen LogP contribution in [-0.2, 0) is 16.0 Å². The zero-order valence-electron chi connectivity index (χ0n) is 12.4. The molecule has 116 valence electrons. The van der Waals surface area contributed by atoms with Crippen molar-refractivity contribution in [1.82, 2.24) is 5.32 Å². The minimum atomic E-state index is -0.782. The number of nitrogens with one attached hydrogen (secondary N) is 1. The number of nitrogens with two attached hydrogens (primary N) is 1. The van der Waals surface area contributed by atoms with E-state index in [1.165, 1.54) is 0 Å². The molecule has 0 saturated heterocycles. The van der Waals surface area contributed by atoms with E-state index in [1.807, 2.05) is 37.3 Å². The van der Waals surface area contributed by atoms with Crippen molar-refractivity contribution in [3.8, 4) is 0 Å². The van der Waals surface area contributed by atoms with Crippen LogP contribution in [-0.4, -0.2) is 29.6 Å². The van der Waals surface area contributed by atoms with Gasteiger partial charge in [0.25, 0.3) is 0 Å². The number of rotatable bonds is 9. The Hall–Kier alpha value is -1.88. The molecule has 2 unspecified atom stereocenters. The number of benzene rings is 1. The Labute approximate surface area is 125 Å². The van der Waals surface area contributed by atoms with E-state index in [1.54, 1.807) is 0 Å². The Morgan fingerprint density at radius 1 is 1.24 bits per heavy atom. The van der Waals surface area contributed by atoms with Crippen molar-refractivity contribution in [2.45, 2.75) is 38.6 Å². The maximum atomic E-state index is 11.9. The Balaban J connectivity index is 2.22. The van der Waals surface area contributed by atoms with Gasteiger partial charge in [-0.15, -0.1) is 0 Å². The molecule has 0 radical (unpaired) electrons. The van der Waals surface area contributed by atoms with Gasteiger partial charge in [0.05, 0.1) is 6.04 Å². The van der Waals surface area contributed by atoms with E-state index in [9.17, 15) is 9.59 Å². The number of carboxylic acids is 1. The molecule has 0 bridgehead atoms. The molecule has 0 aliphatic heterocycles. The maximum absolute atomic E-state index is 11.9. The fourth-order valence-corrected chi connectivity index (χ4v) is 2.05. The van der Waals surface area contributed by atoms with Crippen LogP contribution in [0.15, 0.2) is 30.3 Å². The van der Waals surface area contributed by atoms with Crippen LogP contribution in [0.5, 0.6) is 0 Å². The average molecular weight is 292 g/mol. The number of hydrogen-bond donors (Lipinski definition) is 3. The summed E-state index contributed by atoms with van der Waals surface area (Å²) < 4.78 is 0. The van der Waals surface area contributed by atoms with Gasteiger partial charge in [0.1, 0.15) is 0 Å². The summed E-state index contributed by atoms with van der Waals surface area (Å²) in [6.45, 7) is 2.51. The third-order valence-electron chi connectivity index (χ3n) is 3.42. The molecule has 0 heterocycles. The molecular weight excluding hydrogens is 268 g/mol. The van der Waals surface area contributed by atoms with Crippen molar-refractivity contribution in [2.75, 3.05) is 6.54 Å². The molecule has 0 aliphatic rings. The SMILES string of the molecule is CC(CCNC(=O)C(N)Cc1ccccc1)CCC(=O)O. The molecule has 4 N–H and O–H groups in total. The zero-order chi connectivity index (χ0) is 15.7. The fourth-order valence-electron chi connectivity index (χ4n) is 2.05. The van der Waals surface area contributed by atoms with Crippen molar-refractivity contribution in [2.24, 2.45) is 11.7 Å². The van der Waals surface area contributed by atoms with Gasteiger partial charge < -0.3 is 16.2 Å². The summed E-state index contributed by atoms with van der Waals surface area (Å²) in [5.41, 5.74) is 6.91. The lowest BCUT2D eigenvalue weighted by atomic mass is 10.0. The van der Waals surface area contributed by atoms with Gasteiger partial charge in [0.15, 0.2) is 0 Å². The van der Waals surface area contributed by atoms with Gasteiger partial charge in [-0.1, -0.05) is 37.3 Å². The summed E-state index contributed by atoms with van der Waals surface area (Å²) >= 11 is 0. The minimum Gasteiger partial charge on any atom is -0.481 e. The van der Waals surface area contributed by atoms with Crippen LogP contribution in [0.2, 0.25) is 0 Å². The number of carboxylic acid groups (broad SMARTS) is 1. The van der Waals surface area contributed by atoms with Gasteiger partial charge in [-0.2, -0.15) is 0 Å². The highest BCUT2D eigenvalue weighted by Crippen LogP contribution is 2.09. The first kappa shape index (κ1) is 17.2. The summed E-state index contributed by atoms with van der Waals surface area (Å²) in [5, 5.41) is 11.4. The second-order valence-corrected chi connectivity index (χ2v) is 5.41. The average Bonchev–Trinajstić information content (AvgIpc) is 2.46. The van der Waals surface area contributed by atoms with Gasteiger partial charge in [0.2, 0.25) is 5.91 Å². The second kappa shape index (κ2) is 9.13. The van der Waals surface area contributed by atoms with Gasteiger partial charge in [0, 0.05) is 13.0 Å². The molecule has 5 heteroatoms. The molecule has 1 rings (SSSR count). The monoisotopic (exact) mass is 292 g/mol. The van der Waals surface area contributed by atoms with E-state index in [-0.39, 0.29) is 18.2 Å². The second-order valence-electron chi connectivity index (χ2n) is 5.41. The summed E-state index contributed by atoms with van der Waals surface area (Å²) in [6, 6.07) is 9.10. The molecule has 0 spiro atoms. The van der Waals surface area contributed by atoms with Gasteiger partial charge in [-0.05, 0) is 30.7 Å². The minimum absolute atomic E-state index is 0.163. The van der Waals surface area contributed by atoms with Crippen LogP contribution in [0.1, 0.15) is 31.7 Å². The van der Waals surface area contributed by atoms with E-state index in [0.29, 0.717) is 19.4 Å². The van der Waals surface area contributed by atoms with Crippen LogP contribution in [0.25, 0.3) is 0 Å². The number of hydrogen-bond acceptors (Lipinski definition) is 3. The normalized spacial score (nSPS) is 13.4. The van der Waals surface area contributed by atoms with E-state index in [4.69, 9.17) is 10.8 Å². The van der Waals surface area contributed by atoms with E-state index in [0.717, 1.165) is 12.0 Å². The highest BCUT2D eigenvalue weighted by atomic mass is 16.4. The van der Waals surface area contributed by atoms with Gasteiger partial charge >= 0.3 is 5.97 Å². The third-order valence-corrected chi connectivity index (χ3v) is 3.42. The number of carbonyl (C=O) groups is 2. The van der Waals surface area contributed by atoms with E-state index < -0.39 is 12.0 Å². The molecule has 1 amide bonds. The molecule has 0 aromatic heterocycles. The van der Waals surface area contributed by atoms with Crippen molar-refractivity contribution in [3.63, 3.8) is 0 Å². The molecular formula is C16H24N2O3. The van der Waals surface area contributed by atoms with Gasteiger partial charge in [-0.3, -0.25) is 9.59 Å². The van der Waals surface area contributed by atoms with Crippen molar-refractivity contribution < 1.29 is 14.7 Å². The van der Waals surface area contributed by atoms with Crippen molar-refractivity contribution in [1.29, 1.82) is 0 Å². The summed E-state index contributed by atoms with van der Waals surface area (Å²) in [7, 11) is 0. The lowest BCUT2D eigenvalue weighted by molar-refractivity contribution is -0.137. The van der Waals surface area contributed by atoms with Crippen LogP contribution >= 0.6 is 0 Å². The quantitative estimate of drug-likeness (QED) is 0.644. The predicted octanol–water partition coefficient (Wildman–Crippen LogP) is 1.56. The highest BCUT2D eigenvalue weighted by molar-refractivity contribution is 5.81. The topological polar surface area (TPSA) is 92.4 Å². The molecule has 0 aliphatic carbocycles. The fraction of sp³-hybridized carbons (Fsp3) is 0.500. The molecule has 1 aromatic carbocycles. The molecule has 5 nitrogen and oxygen atoms in total. The van der Waals surface area contributed by atoms with Crippen molar-refractivity contribution in [3.05, 3.63) is 35.9 Å². The Morgan fingerprint density at radius 3 is 2.52 bits per heavy atom. The van der Waals surface area contributed by atoms with Gasteiger partial charge in [-0.25, -0.2) is 0 Å². The smallest absolute Gasteiger partial charge is 0.303 e. The van der Waals surface area contributed by atoms with E-state index >= 15 is 0 Å². The molecule has 0 fully saturated rings. The number of amides is 1. The standard InChI is InChI=1S/C16H24N2O3/c1-12(7-8-15(19)20)9-10-18-16(21)14(17)11-13-5-3-2-4-6-13/h2-6,12,14H,7-11,17H2,1H3,(H,18,21)(H,19,20). The third kappa shape index (κ3) is 7.46. The predicted molar refractivity (Wildman–Crippen MR) is 81.8 cm³/mol. The Kier molecular flexibility index (Phi) is 7.46. The first-order chi connectivity index (χ1) is 9.99. The van der Waals surface area contributed by atoms with Crippen LogP contribution in [0, 0.1) is 5.92 Å². The number of aliphatic carboxylic acids is 1. The van der Waals surface area contributed by atoms with Crippen LogP contribution in [0.3, 0.4) is 0 Å². The van der Waals surface area contributed by atoms with E-state index in [2.05, 4.69) is 5.32 Å². The largest absolute Gasteiger partial charge is 0.481 e. The zero-order valence-corrected chi connectivity index (χ0v) is 12.4. The first-order valence-corrected chi connectivity index (χ1v) is 7.28. The maximum Gasteiger partial charge on any atom is 0.303 e. The lowest BCUT2D eigenvalue weighted by Gasteiger charge is -2.14. The Morgan fingerprint density at radius 2 is 1.90 bits per heavy atom. The highest BCUT2D eigenvalue weighted by Gasteiger charge is 2.14. The number of carbonyl (C=O) groups excluding carboxylic acids is 1. The lowest BCUT2D eigenvalue weighted by Crippen LogP contribution is -2.42. The van der Waals surface area contributed by atoms with Crippen molar-refractivity contribution >= 4 is 11.9 Å². The molecule has 1 aromatic rings. The van der Waals surface area contributed by atoms with Crippen LogP contribution in [0.4, 0.5) is 0 Å². The molecule has 2 atom stereocenters. The molecule has 21 heavy (non-hydrogen) atoms.